The van der Waals surface area contributed by atoms with E-state index in [1.807, 2.05) is 39.4 Å². The molecule has 0 bridgehead atoms. The highest BCUT2D eigenvalue weighted by Crippen LogP contribution is 2.40. The van der Waals surface area contributed by atoms with Crippen LogP contribution < -0.4 is 14.2 Å². The van der Waals surface area contributed by atoms with Gasteiger partial charge in [0, 0.05) is 51.4 Å². The Kier molecular flexibility index (Phi) is 7.95. The zero-order chi connectivity index (χ0) is 24.1. The van der Waals surface area contributed by atoms with Gasteiger partial charge in [-0.25, -0.2) is 0 Å². The Hall–Kier alpha value is -2.78. The molecule has 2 aliphatic heterocycles. The molecule has 0 aliphatic carbocycles. The summed E-state index contributed by atoms with van der Waals surface area (Å²) >= 11 is 1.45. The second kappa shape index (κ2) is 11.1. The number of piperazine rings is 1. The Labute approximate surface area is 205 Å². The number of carbonyl (C=O) groups excluding carboxylic acids is 2. The highest BCUT2D eigenvalue weighted by atomic mass is 32.1. The van der Waals surface area contributed by atoms with Gasteiger partial charge in [0.05, 0.1) is 32.1 Å². The van der Waals surface area contributed by atoms with Crippen LogP contribution in [0.3, 0.4) is 0 Å². The third kappa shape index (κ3) is 5.15. The molecule has 0 radical (unpaired) electrons. The van der Waals surface area contributed by atoms with E-state index in [0.29, 0.717) is 43.4 Å². The quantitative estimate of drug-likeness (QED) is 0.598. The van der Waals surface area contributed by atoms with Gasteiger partial charge in [0.15, 0.2) is 11.5 Å². The maximum absolute atomic E-state index is 13.2. The van der Waals surface area contributed by atoms with Crippen molar-refractivity contribution in [3.8, 4) is 17.2 Å². The molecule has 34 heavy (non-hydrogen) atoms. The molecule has 1 aromatic heterocycles. The molecule has 2 amide bonds. The minimum Gasteiger partial charge on any atom is -0.493 e. The van der Waals surface area contributed by atoms with Crippen molar-refractivity contribution < 1.29 is 23.8 Å². The zero-order valence-corrected chi connectivity index (χ0v) is 20.9. The summed E-state index contributed by atoms with van der Waals surface area (Å²) in [4.78, 5) is 32.9. The SMILES string of the molecule is COc1ccc(CN2CCN(C(=O)C3CCCN(C(=O)c4cccs4)C3)CC2)c(OC)c1OC. The minimum absolute atomic E-state index is 0.0428. The van der Waals surface area contributed by atoms with Gasteiger partial charge in [0.1, 0.15) is 0 Å². The van der Waals surface area contributed by atoms with Crippen LogP contribution in [0.4, 0.5) is 0 Å². The summed E-state index contributed by atoms with van der Waals surface area (Å²) in [5, 5.41) is 1.91. The lowest BCUT2D eigenvalue weighted by Gasteiger charge is -2.39. The molecule has 184 valence electrons. The zero-order valence-electron chi connectivity index (χ0n) is 20.1. The maximum Gasteiger partial charge on any atom is 0.263 e. The van der Waals surface area contributed by atoms with Crippen LogP contribution >= 0.6 is 11.3 Å². The largest absolute Gasteiger partial charge is 0.493 e. The number of rotatable bonds is 7. The molecule has 8 nitrogen and oxygen atoms in total. The number of thiophene rings is 1. The number of piperidine rings is 1. The Bertz CT molecular complexity index is 989. The number of nitrogens with zero attached hydrogens (tertiary/aromatic N) is 3. The first-order chi connectivity index (χ1) is 16.5. The van der Waals surface area contributed by atoms with Crippen LogP contribution in [-0.4, -0.2) is 87.1 Å². The summed E-state index contributed by atoms with van der Waals surface area (Å²) < 4.78 is 16.5. The van der Waals surface area contributed by atoms with Gasteiger partial charge >= 0.3 is 0 Å². The number of amides is 2. The van der Waals surface area contributed by atoms with Gasteiger partial charge in [-0.1, -0.05) is 12.1 Å². The van der Waals surface area contributed by atoms with Gasteiger partial charge in [0.2, 0.25) is 11.7 Å². The third-order valence-corrected chi connectivity index (χ3v) is 7.51. The second-order valence-corrected chi connectivity index (χ2v) is 9.61. The van der Waals surface area contributed by atoms with Crippen LogP contribution in [0.2, 0.25) is 0 Å². The number of methoxy groups -OCH3 is 3. The van der Waals surface area contributed by atoms with Gasteiger partial charge in [0.25, 0.3) is 5.91 Å². The van der Waals surface area contributed by atoms with E-state index in [0.717, 1.165) is 42.9 Å². The van der Waals surface area contributed by atoms with Crippen LogP contribution in [0.15, 0.2) is 29.6 Å². The van der Waals surface area contributed by atoms with E-state index in [2.05, 4.69) is 4.90 Å². The first-order valence-corrected chi connectivity index (χ1v) is 12.6. The molecule has 2 aromatic rings. The van der Waals surface area contributed by atoms with E-state index in [1.54, 1.807) is 21.3 Å². The van der Waals surface area contributed by atoms with Crippen molar-refractivity contribution in [2.24, 2.45) is 5.92 Å². The predicted octanol–water partition coefficient (Wildman–Crippen LogP) is 2.97. The summed E-state index contributed by atoms with van der Waals surface area (Å²) in [7, 11) is 4.85. The van der Waals surface area contributed by atoms with Crippen molar-refractivity contribution in [1.82, 2.24) is 14.7 Å². The Balaban J connectivity index is 1.33. The lowest BCUT2D eigenvalue weighted by molar-refractivity contribution is -0.138. The molecule has 0 N–H and O–H groups in total. The van der Waals surface area contributed by atoms with Crippen LogP contribution in [0.25, 0.3) is 0 Å². The monoisotopic (exact) mass is 487 g/mol. The molecule has 3 heterocycles. The molecule has 1 aromatic carbocycles. The molecule has 9 heteroatoms. The van der Waals surface area contributed by atoms with Crippen molar-refractivity contribution in [2.45, 2.75) is 19.4 Å². The fourth-order valence-corrected chi connectivity index (χ4v) is 5.52. The number of benzene rings is 1. The highest BCUT2D eigenvalue weighted by molar-refractivity contribution is 7.12. The highest BCUT2D eigenvalue weighted by Gasteiger charge is 2.33. The molecular weight excluding hydrogens is 454 g/mol. The van der Waals surface area contributed by atoms with Crippen LogP contribution in [0.5, 0.6) is 17.2 Å². The first kappa shape index (κ1) is 24.3. The smallest absolute Gasteiger partial charge is 0.263 e. The molecule has 1 unspecified atom stereocenters. The maximum atomic E-state index is 13.2. The van der Waals surface area contributed by atoms with Crippen LogP contribution in [0.1, 0.15) is 28.1 Å². The molecule has 2 saturated heterocycles. The second-order valence-electron chi connectivity index (χ2n) is 8.66. The average Bonchev–Trinajstić information content (AvgIpc) is 3.43. The minimum atomic E-state index is -0.116. The topological polar surface area (TPSA) is 71.6 Å². The van der Waals surface area contributed by atoms with E-state index >= 15 is 0 Å². The fourth-order valence-electron chi connectivity index (χ4n) is 4.83. The average molecular weight is 488 g/mol. The molecule has 2 fully saturated rings. The molecule has 0 spiro atoms. The Morgan fingerprint density at radius 1 is 0.941 bits per heavy atom. The van der Waals surface area contributed by atoms with Crippen LogP contribution in [-0.2, 0) is 11.3 Å². The molecule has 0 saturated carbocycles. The van der Waals surface area contributed by atoms with E-state index in [4.69, 9.17) is 14.2 Å². The summed E-state index contributed by atoms with van der Waals surface area (Å²) in [6.07, 6.45) is 1.71. The van der Waals surface area contributed by atoms with E-state index < -0.39 is 0 Å². The van der Waals surface area contributed by atoms with Gasteiger partial charge in [-0.2, -0.15) is 0 Å². The van der Waals surface area contributed by atoms with Gasteiger partial charge in [-0.3, -0.25) is 14.5 Å². The molecule has 2 aliphatic rings. The number of ether oxygens (including phenoxy) is 3. The third-order valence-electron chi connectivity index (χ3n) is 6.65. The van der Waals surface area contributed by atoms with Crippen molar-refractivity contribution >= 4 is 23.2 Å². The number of hydrogen-bond acceptors (Lipinski definition) is 7. The van der Waals surface area contributed by atoms with Crippen molar-refractivity contribution in [3.05, 3.63) is 40.1 Å². The summed E-state index contributed by atoms with van der Waals surface area (Å²) in [5.74, 6) is 2.01. The van der Waals surface area contributed by atoms with Gasteiger partial charge in [-0.15, -0.1) is 11.3 Å². The fraction of sp³-hybridized carbons (Fsp3) is 0.520. The van der Waals surface area contributed by atoms with Crippen molar-refractivity contribution in [1.29, 1.82) is 0 Å². The number of likely N-dealkylation sites (tertiary alicyclic amines) is 1. The van der Waals surface area contributed by atoms with E-state index in [-0.39, 0.29) is 17.7 Å². The molecule has 4 rings (SSSR count). The lowest BCUT2D eigenvalue weighted by atomic mass is 9.96. The predicted molar refractivity (Wildman–Crippen MR) is 131 cm³/mol. The summed E-state index contributed by atoms with van der Waals surface area (Å²) in [5.41, 5.74) is 1.02. The van der Waals surface area contributed by atoms with E-state index in [1.165, 1.54) is 11.3 Å². The van der Waals surface area contributed by atoms with E-state index in [9.17, 15) is 9.59 Å². The van der Waals surface area contributed by atoms with Gasteiger partial charge in [-0.05, 0) is 30.4 Å². The normalized spacial score (nSPS) is 19.1. The number of hydrogen-bond donors (Lipinski definition) is 0. The Morgan fingerprint density at radius 2 is 1.71 bits per heavy atom. The van der Waals surface area contributed by atoms with Crippen molar-refractivity contribution in [3.63, 3.8) is 0 Å². The summed E-state index contributed by atoms with van der Waals surface area (Å²) in [6.45, 7) is 4.88. The van der Waals surface area contributed by atoms with Gasteiger partial charge < -0.3 is 24.0 Å². The summed E-state index contributed by atoms with van der Waals surface area (Å²) in [6, 6.07) is 7.63. The molecule has 1 atom stereocenters. The Morgan fingerprint density at radius 3 is 2.35 bits per heavy atom. The molecular formula is C25H33N3O5S. The van der Waals surface area contributed by atoms with Crippen LogP contribution in [0, 0.1) is 5.92 Å². The first-order valence-electron chi connectivity index (χ1n) is 11.7. The standard InChI is InChI=1S/C25H33N3O5S/c1-31-20-9-8-18(22(32-2)23(20)33-3)16-26-11-13-27(14-12-26)24(29)19-6-4-10-28(17-19)25(30)21-7-5-15-34-21/h5,7-9,15,19H,4,6,10-14,16-17H2,1-3H3. The van der Waals surface area contributed by atoms with Crippen molar-refractivity contribution in [2.75, 3.05) is 60.6 Å². The number of carbonyl (C=O) groups is 2. The lowest BCUT2D eigenvalue weighted by Crippen LogP contribution is -2.52.